The Hall–Kier alpha value is -3.17. The van der Waals surface area contributed by atoms with Crippen molar-refractivity contribution in [1.29, 1.82) is 0 Å². The predicted octanol–water partition coefficient (Wildman–Crippen LogP) is 3.23. The third-order valence-electron chi connectivity index (χ3n) is 3.15. The number of para-hydroxylation sites is 1. The van der Waals surface area contributed by atoms with E-state index < -0.39 is 12.0 Å². The summed E-state index contributed by atoms with van der Waals surface area (Å²) in [5, 5.41) is 8.11. The number of benzene rings is 1. The Morgan fingerprint density at radius 3 is 2.68 bits per heavy atom. The third kappa shape index (κ3) is 3.52. The Balaban J connectivity index is 2.13. The average molecular weight is 350 g/mol. The lowest BCUT2D eigenvalue weighted by molar-refractivity contribution is -0.144. The molecule has 0 bridgehead atoms. The SMILES string of the molecule is CCOC=NNc1nc(C(F)(F)F)nc2c1cnn2-c1ccccc1. The fourth-order valence-corrected chi connectivity index (χ4v) is 2.08. The summed E-state index contributed by atoms with van der Waals surface area (Å²) in [4.78, 5) is 7.14. The molecule has 0 radical (unpaired) electrons. The molecule has 3 rings (SSSR count). The van der Waals surface area contributed by atoms with Gasteiger partial charge in [-0.3, -0.25) is 5.43 Å². The number of anilines is 1. The van der Waals surface area contributed by atoms with Crippen LogP contribution in [0.25, 0.3) is 16.7 Å². The first kappa shape index (κ1) is 16.7. The number of hydrogen-bond acceptors (Lipinski definition) is 6. The first-order valence-corrected chi connectivity index (χ1v) is 7.28. The van der Waals surface area contributed by atoms with Crippen LogP contribution in [0, 0.1) is 0 Å². The number of rotatable bonds is 5. The number of nitrogens with zero attached hydrogens (tertiary/aromatic N) is 5. The number of fused-ring (bicyclic) bond motifs is 1. The summed E-state index contributed by atoms with van der Waals surface area (Å²) in [6.07, 6.45) is -2.25. The standard InChI is InChI=1S/C15H13F3N6O/c1-2-25-9-19-23-12-11-8-20-24(10-6-4-3-5-7-10)13(11)22-14(21-12)15(16,17)18/h3-9H,2H2,1H3,(H,21,22,23). The summed E-state index contributed by atoms with van der Waals surface area (Å²) >= 11 is 0. The molecule has 0 fully saturated rings. The Labute approximate surface area is 140 Å². The van der Waals surface area contributed by atoms with Crippen LogP contribution in [0.1, 0.15) is 12.7 Å². The molecule has 0 spiro atoms. The Bertz CT molecular complexity index is 891. The summed E-state index contributed by atoms with van der Waals surface area (Å²) in [7, 11) is 0. The zero-order chi connectivity index (χ0) is 17.9. The summed E-state index contributed by atoms with van der Waals surface area (Å²) < 4.78 is 45.6. The van der Waals surface area contributed by atoms with Gasteiger partial charge in [0.1, 0.15) is 0 Å². The van der Waals surface area contributed by atoms with E-state index in [4.69, 9.17) is 4.74 Å². The van der Waals surface area contributed by atoms with Gasteiger partial charge in [0.15, 0.2) is 17.9 Å². The molecule has 2 heterocycles. The number of hydrogen-bond donors (Lipinski definition) is 1. The number of nitrogens with one attached hydrogen (secondary N) is 1. The van der Waals surface area contributed by atoms with Crippen LogP contribution in [0.3, 0.4) is 0 Å². The van der Waals surface area contributed by atoms with Crippen LogP contribution in [0.4, 0.5) is 19.0 Å². The Morgan fingerprint density at radius 1 is 1.24 bits per heavy atom. The summed E-state index contributed by atoms with van der Waals surface area (Å²) in [6.45, 7) is 2.13. The molecule has 7 nitrogen and oxygen atoms in total. The van der Waals surface area contributed by atoms with Gasteiger partial charge in [-0.25, -0.2) is 14.6 Å². The van der Waals surface area contributed by atoms with Gasteiger partial charge in [0.25, 0.3) is 0 Å². The fourth-order valence-electron chi connectivity index (χ4n) is 2.08. The zero-order valence-electron chi connectivity index (χ0n) is 13.0. The number of halogens is 3. The van der Waals surface area contributed by atoms with Gasteiger partial charge in [-0.05, 0) is 19.1 Å². The van der Waals surface area contributed by atoms with Crippen molar-refractivity contribution in [2.24, 2.45) is 5.10 Å². The van der Waals surface area contributed by atoms with Crippen LogP contribution in [-0.4, -0.2) is 32.8 Å². The van der Waals surface area contributed by atoms with Crippen molar-refractivity contribution in [2.75, 3.05) is 12.0 Å². The summed E-state index contributed by atoms with van der Waals surface area (Å²) in [5.41, 5.74) is 3.03. The molecule has 0 atom stereocenters. The molecular formula is C15H13F3N6O. The van der Waals surface area contributed by atoms with Crippen molar-refractivity contribution in [3.8, 4) is 5.69 Å². The molecule has 0 aliphatic carbocycles. The number of alkyl halides is 3. The summed E-state index contributed by atoms with van der Waals surface area (Å²) in [5.74, 6) is -1.40. The molecule has 25 heavy (non-hydrogen) atoms. The van der Waals surface area contributed by atoms with Crippen LogP contribution in [0.2, 0.25) is 0 Å². The number of hydrazone groups is 1. The highest BCUT2D eigenvalue weighted by Crippen LogP contribution is 2.31. The predicted molar refractivity (Wildman–Crippen MR) is 85.4 cm³/mol. The lowest BCUT2D eigenvalue weighted by Crippen LogP contribution is -2.13. The second kappa shape index (κ2) is 6.75. The minimum atomic E-state index is -4.71. The molecule has 1 aromatic carbocycles. The molecule has 2 aromatic heterocycles. The van der Waals surface area contributed by atoms with Gasteiger partial charge < -0.3 is 4.74 Å². The van der Waals surface area contributed by atoms with Gasteiger partial charge >= 0.3 is 6.18 Å². The van der Waals surface area contributed by atoms with E-state index in [0.29, 0.717) is 17.7 Å². The lowest BCUT2D eigenvalue weighted by Gasteiger charge is -2.09. The molecule has 0 aliphatic rings. The fraction of sp³-hybridized carbons (Fsp3) is 0.200. The van der Waals surface area contributed by atoms with Crippen LogP contribution >= 0.6 is 0 Å². The first-order valence-electron chi connectivity index (χ1n) is 7.28. The van der Waals surface area contributed by atoms with E-state index in [1.807, 2.05) is 0 Å². The van der Waals surface area contributed by atoms with E-state index in [1.54, 1.807) is 37.3 Å². The van der Waals surface area contributed by atoms with Gasteiger partial charge in [-0.1, -0.05) is 18.2 Å². The van der Waals surface area contributed by atoms with Gasteiger partial charge in [0.05, 0.1) is 23.9 Å². The maximum atomic E-state index is 13.1. The minimum absolute atomic E-state index is 0.0163. The second-order valence-electron chi connectivity index (χ2n) is 4.82. The number of aromatic nitrogens is 4. The van der Waals surface area contributed by atoms with Crippen molar-refractivity contribution in [1.82, 2.24) is 19.7 Å². The van der Waals surface area contributed by atoms with E-state index in [2.05, 4.69) is 25.6 Å². The highest BCUT2D eigenvalue weighted by atomic mass is 19.4. The van der Waals surface area contributed by atoms with Gasteiger partial charge in [-0.2, -0.15) is 18.3 Å². The maximum absolute atomic E-state index is 13.1. The molecule has 0 aliphatic heterocycles. The van der Waals surface area contributed by atoms with Crippen LogP contribution < -0.4 is 5.43 Å². The highest BCUT2D eigenvalue weighted by Gasteiger charge is 2.36. The third-order valence-corrected chi connectivity index (χ3v) is 3.15. The monoisotopic (exact) mass is 350 g/mol. The molecule has 0 unspecified atom stereocenters. The van der Waals surface area contributed by atoms with Crippen molar-refractivity contribution >= 4 is 23.3 Å². The van der Waals surface area contributed by atoms with Crippen molar-refractivity contribution in [3.05, 3.63) is 42.4 Å². The van der Waals surface area contributed by atoms with Crippen molar-refractivity contribution < 1.29 is 17.9 Å². The first-order chi connectivity index (χ1) is 12.0. The maximum Gasteiger partial charge on any atom is 0.451 e. The Morgan fingerprint density at radius 2 is 2.00 bits per heavy atom. The molecule has 1 N–H and O–H groups in total. The molecular weight excluding hydrogens is 337 g/mol. The smallest absolute Gasteiger partial charge is 0.451 e. The molecule has 0 saturated heterocycles. The largest absolute Gasteiger partial charge is 0.482 e. The minimum Gasteiger partial charge on any atom is -0.482 e. The molecule has 0 amide bonds. The second-order valence-corrected chi connectivity index (χ2v) is 4.82. The molecule has 130 valence electrons. The normalized spacial score (nSPS) is 12.0. The van der Waals surface area contributed by atoms with Gasteiger partial charge in [-0.15, -0.1) is 5.10 Å². The van der Waals surface area contributed by atoms with Crippen molar-refractivity contribution in [3.63, 3.8) is 0 Å². The highest BCUT2D eigenvalue weighted by molar-refractivity contribution is 5.87. The Kier molecular flexibility index (Phi) is 4.50. The molecule has 10 heteroatoms. The quantitative estimate of drug-likeness (QED) is 0.434. The number of ether oxygens (including phenoxy) is 1. The van der Waals surface area contributed by atoms with E-state index in [-0.39, 0.29) is 11.5 Å². The topological polar surface area (TPSA) is 77.2 Å². The van der Waals surface area contributed by atoms with Crippen molar-refractivity contribution in [2.45, 2.75) is 13.1 Å². The molecule has 3 aromatic rings. The van der Waals surface area contributed by atoms with Crippen LogP contribution in [0.5, 0.6) is 0 Å². The summed E-state index contributed by atoms with van der Waals surface area (Å²) in [6, 6.07) is 8.71. The zero-order valence-corrected chi connectivity index (χ0v) is 13.0. The average Bonchev–Trinajstić information content (AvgIpc) is 3.03. The van der Waals surface area contributed by atoms with E-state index >= 15 is 0 Å². The van der Waals surface area contributed by atoms with Crippen LogP contribution in [0.15, 0.2) is 41.6 Å². The van der Waals surface area contributed by atoms with E-state index in [1.165, 1.54) is 10.9 Å². The van der Waals surface area contributed by atoms with E-state index in [0.717, 1.165) is 6.40 Å². The molecule has 0 saturated carbocycles. The van der Waals surface area contributed by atoms with Gasteiger partial charge in [0, 0.05) is 0 Å². The van der Waals surface area contributed by atoms with Crippen LogP contribution in [-0.2, 0) is 10.9 Å². The lowest BCUT2D eigenvalue weighted by atomic mass is 10.3. The van der Waals surface area contributed by atoms with Gasteiger partial charge in [0.2, 0.25) is 5.82 Å². The van der Waals surface area contributed by atoms with E-state index in [9.17, 15) is 13.2 Å².